The number of carbonyl (C=O) groups is 1. The quantitative estimate of drug-likeness (QED) is 0.772. The molecule has 0 spiro atoms. The fraction of sp³-hybridized carbons (Fsp3) is 0.667. The lowest BCUT2D eigenvalue weighted by Gasteiger charge is -2.19. The van der Waals surface area contributed by atoms with Crippen molar-refractivity contribution in [3.63, 3.8) is 0 Å². The summed E-state index contributed by atoms with van der Waals surface area (Å²) in [5, 5.41) is 19.2. The van der Waals surface area contributed by atoms with Crippen LogP contribution in [0.3, 0.4) is 0 Å². The van der Waals surface area contributed by atoms with Gasteiger partial charge in [-0.25, -0.2) is 4.68 Å². The second-order valence-electron chi connectivity index (χ2n) is 3.84. The summed E-state index contributed by atoms with van der Waals surface area (Å²) in [6.07, 6.45) is 0. The monoisotopic (exact) mass is 244 g/mol. The van der Waals surface area contributed by atoms with Crippen LogP contribution in [0.2, 0.25) is 0 Å². The normalized spacial score (nSPS) is 10.8. The van der Waals surface area contributed by atoms with Gasteiger partial charge in [0.2, 0.25) is 5.16 Å². The Bertz CT molecular complexity index is 376. The summed E-state index contributed by atoms with van der Waals surface area (Å²) >= 11 is 1.17. The van der Waals surface area contributed by atoms with Gasteiger partial charge in [-0.1, -0.05) is 25.6 Å². The number of aliphatic carboxylic acids is 1. The van der Waals surface area contributed by atoms with Crippen LogP contribution in [-0.2, 0) is 4.79 Å². The molecule has 0 unspecified atom stereocenters. The molecular weight excluding hydrogens is 228 g/mol. The fourth-order valence-corrected chi connectivity index (χ4v) is 1.96. The Balaban J connectivity index is 2.96. The van der Waals surface area contributed by atoms with Crippen molar-refractivity contribution < 1.29 is 9.90 Å². The van der Waals surface area contributed by atoms with Gasteiger partial charge < -0.3 is 10.1 Å². The van der Waals surface area contributed by atoms with E-state index < -0.39 is 5.97 Å². The highest BCUT2D eigenvalue weighted by molar-refractivity contribution is 7.99. The van der Waals surface area contributed by atoms with Crippen molar-refractivity contribution in [1.29, 1.82) is 0 Å². The molecule has 1 N–H and O–H groups in total. The lowest BCUT2D eigenvalue weighted by molar-refractivity contribution is -0.133. The van der Waals surface area contributed by atoms with Gasteiger partial charge in [0.05, 0.1) is 5.75 Å². The molecule has 1 rings (SSSR count). The molecular formula is C9H16N4O2S. The van der Waals surface area contributed by atoms with Crippen molar-refractivity contribution in [2.75, 3.05) is 24.9 Å². The number of hydrogen-bond acceptors (Lipinski definition) is 5. The standard InChI is InChI=1S/C9H16N4O2S/c1-6(2)8-10-11-9(13(8)12(3)4)16-5-7(14)15/h6H,5H2,1-4H3,(H,14,15). The van der Waals surface area contributed by atoms with Gasteiger partial charge in [0.1, 0.15) is 0 Å². The van der Waals surface area contributed by atoms with Gasteiger partial charge in [-0.3, -0.25) is 4.79 Å². The molecule has 0 bridgehead atoms. The smallest absolute Gasteiger partial charge is 0.313 e. The molecule has 0 aliphatic heterocycles. The number of hydrogen-bond donors (Lipinski definition) is 1. The Kier molecular flexibility index (Phi) is 4.17. The van der Waals surface area contributed by atoms with E-state index >= 15 is 0 Å². The summed E-state index contributed by atoms with van der Waals surface area (Å²) < 4.78 is 1.83. The van der Waals surface area contributed by atoms with Crippen molar-refractivity contribution >= 4 is 17.7 Å². The first kappa shape index (κ1) is 12.8. The highest BCUT2D eigenvalue weighted by atomic mass is 32.2. The molecule has 0 aromatic carbocycles. The summed E-state index contributed by atoms with van der Waals surface area (Å²) in [6, 6.07) is 0. The molecule has 16 heavy (non-hydrogen) atoms. The Labute approximate surface area is 98.6 Å². The van der Waals surface area contributed by atoms with Crippen LogP contribution >= 0.6 is 11.8 Å². The zero-order valence-corrected chi connectivity index (χ0v) is 10.7. The maximum Gasteiger partial charge on any atom is 0.313 e. The van der Waals surface area contributed by atoms with E-state index in [9.17, 15) is 4.79 Å². The van der Waals surface area contributed by atoms with Crippen LogP contribution in [0.5, 0.6) is 0 Å². The molecule has 0 atom stereocenters. The van der Waals surface area contributed by atoms with Gasteiger partial charge in [0.15, 0.2) is 5.82 Å². The molecule has 1 heterocycles. The predicted molar refractivity (Wildman–Crippen MR) is 62.5 cm³/mol. The lowest BCUT2D eigenvalue weighted by Crippen LogP contribution is -2.28. The Hall–Kier alpha value is -1.24. The molecule has 1 aromatic rings. The van der Waals surface area contributed by atoms with Crippen LogP contribution < -0.4 is 5.01 Å². The zero-order chi connectivity index (χ0) is 12.3. The van der Waals surface area contributed by atoms with Gasteiger partial charge in [-0.2, -0.15) is 0 Å². The third-order valence-electron chi connectivity index (χ3n) is 1.88. The first-order chi connectivity index (χ1) is 7.43. The van der Waals surface area contributed by atoms with E-state index in [2.05, 4.69) is 10.2 Å². The average Bonchev–Trinajstić information content (AvgIpc) is 2.57. The second-order valence-corrected chi connectivity index (χ2v) is 4.78. The fourth-order valence-electron chi connectivity index (χ4n) is 1.23. The van der Waals surface area contributed by atoms with Gasteiger partial charge >= 0.3 is 5.97 Å². The number of rotatable bonds is 5. The van der Waals surface area contributed by atoms with Crippen LogP contribution in [-0.4, -0.2) is 45.8 Å². The Morgan fingerprint density at radius 2 is 2.12 bits per heavy atom. The molecule has 6 nitrogen and oxygen atoms in total. The third-order valence-corrected chi connectivity index (χ3v) is 2.78. The van der Waals surface area contributed by atoms with Crippen LogP contribution in [0, 0.1) is 0 Å². The van der Waals surface area contributed by atoms with E-state index in [0.717, 1.165) is 5.82 Å². The Morgan fingerprint density at radius 3 is 2.56 bits per heavy atom. The van der Waals surface area contributed by atoms with Gasteiger partial charge in [0.25, 0.3) is 0 Å². The molecule has 0 fully saturated rings. The highest BCUT2D eigenvalue weighted by Crippen LogP contribution is 2.20. The van der Waals surface area contributed by atoms with Crippen molar-refractivity contribution in [1.82, 2.24) is 14.9 Å². The molecule has 0 saturated carbocycles. The zero-order valence-electron chi connectivity index (χ0n) is 9.84. The molecule has 90 valence electrons. The summed E-state index contributed by atoms with van der Waals surface area (Å²) in [4.78, 5) is 10.5. The van der Waals surface area contributed by atoms with E-state index in [1.165, 1.54) is 11.8 Å². The lowest BCUT2D eigenvalue weighted by atomic mass is 10.2. The van der Waals surface area contributed by atoms with Crippen LogP contribution in [0.25, 0.3) is 0 Å². The third kappa shape index (κ3) is 2.88. The largest absolute Gasteiger partial charge is 0.481 e. The number of aromatic nitrogens is 3. The molecule has 1 aromatic heterocycles. The molecule has 0 amide bonds. The van der Waals surface area contributed by atoms with E-state index in [-0.39, 0.29) is 11.7 Å². The van der Waals surface area contributed by atoms with E-state index in [1.54, 1.807) is 0 Å². The van der Waals surface area contributed by atoms with Gasteiger partial charge in [-0.05, 0) is 0 Å². The van der Waals surface area contributed by atoms with E-state index in [4.69, 9.17) is 5.11 Å². The van der Waals surface area contributed by atoms with E-state index in [0.29, 0.717) is 5.16 Å². The van der Waals surface area contributed by atoms with Crippen LogP contribution in [0.4, 0.5) is 0 Å². The maximum absolute atomic E-state index is 10.5. The minimum Gasteiger partial charge on any atom is -0.481 e. The molecule has 7 heteroatoms. The number of carboxylic acids is 1. The first-order valence-corrected chi connectivity index (χ1v) is 5.89. The molecule has 0 aliphatic rings. The molecule has 0 saturated heterocycles. The number of carboxylic acid groups (broad SMARTS) is 1. The summed E-state index contributed by atoms with van der Waals surface area (Å²) in [5.41, 5.74) is 0. The van der Waals surface area contributed by atoms with Gasteiger partial charge in [0, 0.05) is 20.0 Å². The van der Waals surface area contributed by atoms with E-state index in [1.807, 2.05) is 37.6 Å². The molecule has 0 aliphatic carbocycles. The topological polar surface area (TPSA) is 71.2 Å². The minimum atomic E-state index is -0.857. The Morgan fingerprint density at radius 1 is 1.50 bits per heavy atom. The van der Waals surface area contributed by atoms with Crippen molar-refractivity contribution in [2.24, 2.45) is 0 Å². The summed E-state index contributed by atoms with van der Waals surface area (Å²) in [7, 11) is 3.75. The van der Waals surface area contributed by atoms with Crippen LogP contribution in [0.15, 0.2) is 5.16 Å². The number of thioether (sulfide) groups is 1. The first-order valence-electron chi connectivity index (χ1n) is 4.91. The second kappa shape index (κ2) is 5.20. The maximum atomic E-state index is 10.5. The summed E-state index contributed by atoms with van der Waals surface area (Å²) in [5.74, 6) is 0.209. The van der Waals surface area contributed by atoms with Gasteiger partial charge in [-0.15, -0.1) is 10.2 Å². The minimum absolute atomic E-state index is 0.00985. The SMILES string of the molecule is CC(C)c1nnc(SCC(=O)O)n1N(C)C. The number of nitrogens with zero attached hydrogens (tertiary/aromatic N) is 4. The van der Waals surface area contributed by atoms with Crippen molar-refractivity contribution in [3.05, 3.63) is 5.82 Å². The highest BCUT2D eigenvalue weighted by Gasteiger charge is 2.17. The predicted octanol–water partition coefficient (Wildman–Crippen LogP) is 0.776. The molecule has 0 radical (unpaired) electrons. The average molecular weight is 244 g/mol. The van der Waals surface area contributed by atoms with Crippen molar-refractivity contribution in [2.45, 2.75) is 24.9 Å². The van der Waals surface area contributed by atoms with Crippen molar-refractivity contribution in [3.8, 4) is 0 Å². The van der Waals surface area contributed by atoms with Crippen LogP contribution in [0.1, 0.15) is 25.6 Å². The summed E-state index contributed by atoms with van der Waals surface area (Å²) in [6.45, 7) is 4.05.